The summed E-state index contributed by atoms with van der Waals surface area (Å²) in [4.78, 5) is 0. The topological polar surface area (TPSA) is 62.1 Å². The zero-order chi connectivity index (χ0) is 9.68. The normalized spacial score (nSPS) is 9.08. The Morgan fingerprint density at radius 1 is 1.46 bits per heavy atom. The molecule has 0 saturated carbocycles. The number of hydrogen-bond acceptors (Lipinski definition) is 3. The Morgan fingerprint density at radius 3 is 2.85 bits per heavy atom. The molecule has 70 valence electrons. The van der Waals surface area contributed by atoms with Crippen molar-refractivity contribution in [2.75, 3.05) is 5.43 Å². The van der Waals surface area contributed by atoms with Crippen molar-refractivity contribution < 1.29 is 0 Å². The molecule has 1 aromatic carbocycles. The lowest BCUT2D eigenvalue weighted by atomic mass is 10.2. The van der Waals surface area contributed by atoms with Gasteiger partial charge in [0.1, 0.15) is 0 Å². The first-order valence-electron chi connectivity index (χ1n) is 3.81. The predicted octanol–water partition coefficient (Wildman–Crippen LogP) is 0.660. The van der Waals surface area contributed by atoms with Crippen LogP contribution in [0.15, 0.2) is 24.3 Å². The van der Waals surface area contributed by atoms with Crippen LogP contribution < -0.4 is 22.1 Å². The van der Waals surface area contributed by atoms with E-state index >= 15 is 0 Å². The van der Waals surface area contributed by atoms with Gasteiger partial charge in [0.05, 0.1) is 5.69 Å². The number of hydrazine groups is 2. The number of nitrogens with one attached hydrogen (secondary N) is 3. The summed E-state index contributed by atoms with van der Waals surface area (Å²) in [5, 5.41) is 0.349. The minimum absolute atomic E-state index is 0.349. The highest BCUT2D eigenvalue weighted by Crippen LogP contribution is 2.07. The molecule has 0 aliphatic rings. The molecule has 0 radical (unpaired) electrons. The highest BCUT2D eigenvalue weighted by Gasteiger charge is 1.92. The first kappa shape index (κ1) is 9.76. The van der Waals surface area contributed by atoms with E-state index in [2.05, 4.69) is 16.3 Å². The van der Waals surface area contributed by atoms with Crippen LogP contribution in [0.4, 0.5) is 5.69 Å². The zero-order valence-corrected chi connectivity index (χ0v) is 8.11. The summed E-state index contributed by atoms with van der Waals surface area (Å²) in [5.74, 6) is 5.07. The Kier molecular flexibility index (Phi) is 3.48. The van der Waals surface area contributed by atoms with Crippen LogP contribution in [0.5, 0.6) is 0 Å². The van der Waals surface area contributed by atoms with E-state index in [-0.39, 0.29) is 0 Å². The predicted molar refractivity (Wildman–Crippen MR) is 57.9 cm³/mol. The summed E-state index contributed by atoms with van der Waals surface area (Å²) in [6, 6.07) is 7.90. The van der Waals surface area contributed by atoms with Crippen LogP contribution >= 0.6 is 12.2 Å². The quantitative estimate of drug-likeness (QED) is 0.318. The second-order valence-electron chi connectivity index (χ2n) is 2.59. The van der Waals surface area contributed by atoms with E-state index in [9.17, 15) is 0 Å². The minimum Gasteiger partial charge on any atom is -0.300 e. The summed E-state index contributed by atoms with van der Waals surface area (Å²) < 4.78 is 0. The lowest BCUT2D eigenvalue weighted by Crippen LogP contribution is -2.42. The van der Waals surface area contributed by atoms with Crippen molar-refractivity contribution in [2.45, 2.75) is 6.92 Å². The molecule has 1 rings (SSSR count). The average molecular weight is 196 g/mol. The minimum atomic E-state index is 0.349. The first-order chi connectivity index (χ1) is 6.22. The highest BCUT2D eigenvalue weighted by atomic mass is 32.1. The van der Waals surface area contributed by atoms with Gasteiger partial charge < -0.3 is 0 Å². The maximum Gasteiger partial charge on any atom is 0.199 e. The van der Waals surface area contributed by atoms with Gasteiger partial charge in [0, 0.05) is 0 Å². The molecule has 0 unspecified atom stereocenters. The Balaban J connectivity index is 2.50. The maximum absolute atomic E-state index is 5.07. The Morgan fingerprint density at radius 2 is 2.23 bits per heavy atom. The second-order valence-corrected chi connectivity index (χ2v) is 3.00. The molecule has 0 heterocycles. The molecule has 0 saturated heterocycles. The van der Waals surface area contributed by atoms with E-state index in [0.29, 0.717) is 5.11 Å². The Hall–Kier alpha value is -1.33. The fraction of sp³-hybridized carbons (Fsp3) is 0.125. The van der Waals surface area contributed by atoms with Gasteiger partial charge in [0.15, 0.2) is 5.11 Å². The molecular formula is C8H12N4S. The molecule has 0 fully saturated rings. The van der Waals surface area contributed by atoms with Gasteiger partial charge in [-0.1, -0.05) is 12.1 Å². The number of aryl methyl sites for hydroxylation is 1. The van der Waals surface area contributed by atoms with Crippen molar-refractivity contribution in [3.05, 3.63) is 29.8 Å². The number of nitrogens with two attached hydrogens (primary N) is 1. The monoisotopic (exact) mass is 196 g/mol. The summed E-state index contributed by atoms with van der Waals surface area (Å²) in [6.45, 7) is 2.02. The third-order valence-electron chi connectivity index (χ3n) is 1.47. The molecule has 5 N–H and O–H groups in total. The van der Waals surface area contributed by atoms with Gasteiger partial charge >= 0.3 is 0 Å². The summed E-state index contributed by atoms with van der Waals surface area (Å²) in [7, 11) is 0. The molecular weight excluding hydrogens is 184 g/mol. The van der Waals surface area contributed by atoms with E-state index in [0.717, 1.165) is 5.69 Å². The molecule has 0 spiro atoms. The van der Waals surface area contributed by atoms with Gasteiger partial charge in [0.2, 0.25) is 0 Å². The number of thiocarbonyl (C=S) groups is 1. The van der Waals surface area contributed by atoms with Crippen molar-refractivity contribution in [3.63, 3.8) is 0 Å². The SMILES string of the molecule is Cc1cccc(NNC(=S)NN)c1. The second kappa shape index (κ2) is 4.64. The maximum atomic E-state index is 5.07. The lowest BCUT2D eigenvalue weighted by Gasteiger charge is -2.09. The van der Waals surface area contributed by atoms with Crippen LogP contribution in [-0.2, 0) is 0 Å². The summed E-state index contributed by atoms with van der Waals surface area (Å²) >= 11 is 4.78. The molecule has 1 aromatic rings. The third-order valence-corrected chi connectivity index (χ3v) is 1.69. The van der Waals surface area contributed by atoms with Crippen LogP contribution in [0.1, 0.15) is 5.56 Å². The molecule has 4 nitrogen and oxygen atoms in total. The van der Waals surface area contributed by atoms with Gasteiger partial charge in [0.25, 0.3) is 0 Å². The molecule has 0 aliphatic carbocycles. The average Bonchev–Trinajstić information content (AvgIpc) is 2.14. The van der Waals surface area contributed by atoms with Crippen LogP contribution in [0.3, 0.4) is 0 Å². The summed E-state index contributed by atoms with van der Waals surface area (Å²) in [6.07, 6.45) is 0. The number of hydrogen-bond donors (Lipinski definition) is 4. The van der Waals surface area contributed by atoms with Gasteiger partial charge in [-0.2, -0.15) is 0 Å². The molecule has 0 aromatic heterocycles. The largest absolute Gasteiger partial charge is 0.300 e. The van der Waals surface area contributed by atoms with Crippen molar-refractivity contribution in [2.24, 2.45) is 5.84 Å². The van der Waals surface area contributed by atoms with E-state index in [1.165, 1.54) is 5.56 Å². The van der Waals surface area contributed by atoms with E-state index in [1.807, 2.05) is 31.2 Å². The lowest BCUT2D eigenvalue weighted by molar-refractivity contribution is 0.965. The molecule has 0 atom stereocenters. The molecule has 13 heavy (non-hydrogen) atoms. The highest BCUT2D eigenvalue weighted by molar-refractivity contribution is 7.80. The number of rotatable bonds is 2. The van der Waals surface area contributed by atoms with Crippen molar-refractivity contribution in [1.82, 2.24) is 10.9 Å². The standard InChI is InChI=1S/C8H12N4S/c1-6-3-2-4-7(5-6)11-12-8(13)10-9/h2-5,11H,9H2,1H3,(H2,10,12,13). The Bertz CT molecular complexity index is 300. The third kappa shape index (κ3) is 3.27. The Labute approximate surface area is 82.4 Å². The van der Waals surface area contributed by atoms with Gasteiger partial charge in [-0.25, -0.2) is 5.84 Å². The van der Waals surface area contributed by atoms with E-state index < -0.39 is 0 Å². The van der Waals surface area contributed by atoms with Crippen LogP contribution in [0, 0.1) is 6.92 Å². The van der Waals surface area contributed by atoms with Crippen molar-refractivity contribution in [3.8, 4) is 0 Å². The molecule has 5 heteroatoms. The number of anilines is 1. The molecule has 0 bridgehead atoms. The van der Waals surface area contributed by atoms with Gasteiger partial charge in [-0.3, -0.25) is 16.3 Å². The van der Waals surface area contributed by atoms with Crippen LogP contribution in [0.2, 0.25) is 0 Å². The van der Waals surface area contributed by atoms with Crippen molar-refractivity contribution in [1.29, 1.82) is 0 Å². The fourth-order valence-corrected chi connectivity index (χ4v) is 0.939. The van der Waals surface area contributed by atoms with Crippen LogP contribution in [-0.4, -0.2) is 5.11 Å². The smallest absolute Gasteiger partial charge is 0.199 e. The molecule has 0 aliphatic heterocycles. The first-order valence-corrected chi connectivity index (χ1v) is 4.22. The molecule has 0 amide bonds. The van der Waals surface area contributed by atoms with E-state index in [1.54, 1.807) is 0 Å². The van der Waals surface area contributed by atoms with Crippen LogP contribution in [0.25, 0.3) is 0 Å². The zero-order valence-electron chi connectivity index (χ0n) is 7.29. The van der Waals surface area contributed by atoms with Gasteiger partial charge in [-0.05, 0) is 36.8 Å². The van der Waals surface area contributed by atoms with Gasteiger partial charge in [-0.15, -0.1) is 0 Å². The van der Waals surface area contributed by atoms with Crippen molar-refractivity contribution >= 4 is 23.0 Å². The fourth-order valence-electron chi connectivity index (χ4n) is 0.888. The van der Waals surface area contributed by atoms with E-state index in [4.69, 9.17) is 18.1 Å². The number of benzene rings is 1. The summed E-state index contributed by atoms with van der Waals surface area (Å²) in [5.41, 5.74) is 10.1.